The van der Waals surface area contributed by atoms with Crippen molar-refractivity contribution in [2.24, 2.45) is 0 Å². The molecule has 0 fully saturated rings. The number of carboxylic acids is 1. The Morgan fingerprint density at radius 1 is 1.44 bits per heavy atom. The number of carboxylic acid groups (broad SMARTS) is 1. The van der Waals surface area contributed by atoms with Gasteiger partial charge in [-0.05, 0) is 19.1 Å². The Balaban J connectivity index is 2.14. The molecule has 0 aliphatic heterocycles. The third kappa shape index (κ3) is 2.65. The first kappa shape index (κ1) is 12.1. The zero-order chi connectivity index (χ0) is 13.0. The van der Waals surface area contributed by atoms with Crippen LogP contribution < -0.4 is 4.90 Å². The zero-order valence-electron chi connectivity index (χ0n) is 9.91. The van der Waals surface area contributed by atoms with Gasteiger partial charge in [-0.1, -0.05) is 0 Å². The Bertz CT molecular complexity index is 508. The van der Waals surface area contributed by atoms with Gasteiger partial charge >= 0.3 is 5.97 Å². The van der Waals surface area contributed by atoms with Crippen molar-refractivity contribution in [2.75, 3.05) is 11.4 Å². The molecule has 0 bridgehead atoms. The van der Waals surface area contributed by atoms with Crippen LogP contribution in [0.2, 0.25) is 0 Å². The van der Waals surface area contributed by atoms with Crippen molar-refractivity contribution in [3.8, 4) is 0 Å². The first-order valence-electron chi connectivity index (χ1n) is 5.53. The fourth-order valence-corrected chi connectivity index (χ4v) is 1.54. The van der Waals surface area contributed by atoms with Crippen LogP contribution in [0.4, 0.5) is 5.82 Å². The molecule has 6 heteroatoms. The van der Waals surface area contributed by atoms with E-state index in [4.69, 9.17) is 9.52 Å². The normalized spacial score (nSPS) is 10.3. The third-order valence-corrected chi connectivity index (χ3v) is 2.49. The summed E-state index contributed by atoms with van der Waals surface area (Å²) in [4.78, 5) is 20.6. The highest BCUT2D eigenvalue weighted by Crippen LogP contribution is 2.13. The van der Waals surface area contributed by atoms with Gasteiger partial charge in [0.2, 0.25) is 0 Å². The van der Waals surface area contributed by atoms with Gasteiger partial charge in [0, 0.05) is 6.54 Å². The van der Waals surface area contributed by atoms with Crippen LogP contribution in [0.5, 0.6) is 0 Å². The Hall–Kier alpha value is -2.37. The van der Waals surface area contributed by atoms with E-state index in [1.54, 1.807) is 6.26 Å². The van der Waals surface area contributed by atoms with Crippen LogP contribution in [0.25, 0.3) is 0 Å². The average Bonchev–Trinajstić information content (AvgIpc) is 2.89. The molecule has 0 aliphatic carbocycles. The van der Waals surface area contributed by atoms with Crippen molar-refractivity contribution < 1.29 is 14.3 Å². The molecule has 0 saturated heterocycles. The van der Waals surface area contributed by atoms with Crippen LogP contribution in [0.15, 0.2) is 35.2 Å². The molecule has 0 aliphatic rings. The van der Waals surface area contributed by atoms with Crippen LogP contribution >= 0.6 is 0 Å². The second kappa shape index (κ2) is 5.31. The highest BCUT2D eigenvalue weighted by Gasteiger charge is 2.11. The lowest BCUT2D eigenvalue weighted by Crippen LogP contribution is -2.23. The molecule has 0 aromatic carbocycles. The number of furan rings is 1. The second-order valence-corrected chi connectivity index (χ2v) is 3.66. The number of carbonyl (C=O) groups is 1. The van der Waals surface area contributed by atoms with Gasteiger partial charge in [0.25, 0.3) is 0 Å². The van der Waals surface area contributed by atoms with E-state index in [0.717, 1.165) is 12.3 Å². The molecule has 2 aromatic rings. The molecule has 0 unspecified atom stereocenters. The minimum Gasteiger partial charge on any atom is -0.476 e. The van der Waals surface area contributed by atoms with Crippen LogP contribution in [0.3, 0.4) is 0 Å². The molecule has 0 saturated carbocycles. The van der Waals surface area contributed by atoms with Crippen LogP contribution in [-0.2, 0) is 6.54 Å². The summed E-state index contributed by atoms with van der Waals surface area (Å²) in [5.74, 6) is 0.364. The summed E-state index contributed by atoms with van der Waals surface area (Å²) < 4.78 is 5.27. The number of anilines is 1. The fraction of sp³-hybridized carbons (Fsp3) is 0.250. The van der Waals surface area contributed by atoms with E-state index in [0.29, 0.717) is 12.4 Å². The lowest BCUT2D eigenvalue weighted by molar-refractivity contribution is 0.0690. The lowest BCUT2D eigenvalue weighted by Gasteiger charge is -2.20. The van der Waals surface area contributed by atoms with Crippen molar-refractivity contribution in [1.82, 2.24) is 9.97 Å². The predicted molar refractivity (Wildman–Crippen MR) is 64.4 cm³/mol. The summed E-state index contributed by atoms with van der Waals surface area (Å²) in [5, 5.41) is 8.75. The number of rotatable bonds is 5. The Kier molecular flexibility index (Phi) is 3.57. The molecule has 2 rings (SSSR count). The first-order chi connectivity index (χ1) is 8.70. The molecular formula is C12H13N3O3. The summed E-state index contributed by atoms with van der Waals surface area (Å²) in [7, 11) is 0. The molecule has 94 valence electrons. The van der Waals surface area contributed by atoms with E-state index in [9.17, 15) is 4.79 Å². The molecule has 18 heavy (non-hydrogen) atoms. The van der Waals surface area contributed by atoms with Crippen molar-refractivity contribution >= 4 is 11.8 Å². The number of aromatic carboxylic acids is 1. The summed E-state index contributed by atoms with van der Waals surface area (Å²) >= 11 is 0. The molecular weight excluding hydrogens is 234 g/mol. The second-order valence-electron chi connectivity index (χ2n) is 3.66. The number of nitrogens with zero attached hydrogens (tertiary/aromatic N) is 3. The van der Waals surface area contributed by atoms with Gasteiger partial charge < -0.3 is 14.4 Å². The molecule has 0 spiro atoms. The van der Waals surface area contributed by atoms with Gasteiger partial charge in [0.05, 0.1) is 25.2 Å². The Morgan fingerprint density at radius 3 is 2.78 bits per heavy atom. The molecule has 2 aromatic heterocycles. The highest BCUT2D eigenvalue weighted by atomic mass is 16.4. The van der Waals surface area contributed by atoms with Crippen LogP contribution in [0.1, 0.15) is 23.2 Å². The fourth-order valence-electron chi connectivity index (χ4n) is 1.54. The molecule has 2 heterocycles. The lowest BCUT2D eigenvalue weighted by atomic mass is 10.4. The summed E-state index contributed by atoms with van der Waals surface area (Å²) in [6.07, 6.45) is 4.32. The van der Waals surface area contributed by atoms with Crippen molar-refractivity contribution in [1.29, 1.82) is 0 Å². The van der Waals surface area contributed by atoms with E-state index >= 15 is 0 Å². The van der Waals surface area contributed by atoms with Crippen molar-refractivity contribution in [3.05, 3.63) is 42.2 Å². The zero-order valence-corrected chi connectivity index (χ0v) is 9.91. The summed E-state index contributed by atoms with van der Waals surface area (Å²) in [6.45, 7) is 3.28. The maximum absolute atomic E-state index is 10.7. The third-order valence-electron chi connectivity index (χ3n) is 2.49. The molecule has 1 N–H and O–H groups in total. The van der Waals surface area contributed by atoms with Gasteiger partial charge in [-0.15, -0.1) is 0 Å². The summed E-state index contributed by atoms with van der Waals surface area (Å²) in [6, 6.07) is 3.70. The average molecular weight is 247 g/mol. The van der Waals surface area contributed by atoms with E-state index in [1.165, 1.54) is 12.4 Å². The highest BCUT2D eigenvalue weighted by molar-refractivity contribution is 5.84. The smallest absolute Gasteiger partial charge is 0.356 e. The van der Waals surface area contributed by atoms with E-state index in [-0.39, 0.29) is 5.69 Å². The topological polar surface area (TPSA) is 79.5 Å². The molecule has 0 amide bonds. The Labute approximate surface area is 104 Å². The first-order valence-corrected chi connectivity index (χ1v) is 5.53. The standard InChI is InChI=1S/C12H13N3O3/c1-2-15(8-9-4-3-5-18-9)11-7-13-10(6-14-11)12(16)17/h3-7H,2,8H2,1H3,(H,16,17). The van der Waals surface area contributed by atoms with Gasteiger partial charge in [-0.2, -0.15) is 0 Å². The molecule has 0 atom stereocenters. The monoisotopic (exact) mass is 247 g/mol. The minimum absolute atomic E-state index is 0.0622. The maximum Gasteiger partial charge on any atom is 0.356 e. The number of hydrogen-bond acceptors (Lipinski definition) is 5. The predicted octanol–water partition coefficient (Wildman–Crippen LogP) is 1.79. The van der Waals surface area contributed by atoms with Gasteiger partial charge in [0.1, 0.15) is 11.6 Å². The molecule has 6 nitrogen and oxygen atoms in total. The quantitative estimate of drug-likeness (QED) is 0.867. The van der Waals surface area contributed by atoms with Gasteiger partial charge in [-0.3, -0.25) is 0 Å². The molecule has 0 radical (unpaired) electrons. The minimum atomic E-state index is -1.08. The van der Waals surface area contributed by atoms with E-state index < -0.39 is 5.97 Å². The van der Waals surface area contributed by atoms with E-state index in [2.05, 4.69) is 9.97 Å². The van der Waals surface area contributed by atoms with Gasteiger partial charge in [0.15, 0.2) is 5.69 Å². The summed E-state index contributed by atoms with van der Waals surface area (Å²) in [5.41, 5.74) is -0.0622. The van der Waals surface area contributed by atoms with E-state index in [1.807, 2.05) is 24.0 Å². The Morgan fingerprint density at radius 2 is 2.28 bits per heavy atom. The number of hydrogen-bond donors (Lipinski definition) is 1. The van der Waals surface area contributed by atoms with Crippen LogP contribution in [0, 0.1) is 0 Å². The van der Waals surface area contributed by atoms with Crippen LogP contribution in [-0.4, -0.2) is 27.6 Å². The van der Waals surface area contributed by atoms with Gasteiger partial charge in [-0.25, -0.2) is 14.8 Å². The van der Waals surface area contributed by atoms with Crippen molar-refractivity contribution in [3.63, 3.8) is 0 Å². The largest absolute Gasteiger partial charge is 0.476 e. The SMILES string of the molecule is CCN(Cc1ccco1)c1cnc(C(=O)O)cn1. The number of aromatic nitrogens is 2. The maximum atomic E-state index is 10.7. The van der Waals surface area contributed by atoms with Crippen molar-refractivity contribution in [2.45, 2.75) is 13.5 Å².